The Hall–Kier alpha value is -2.77. The Morgan fingerprint density at radius 1 is 1.24 bits per heavy atom. The second-order valence-electron chi connectivity index (χ2n) is 7.82. The molecule has 1 aliphatic rings. The molecule has 1 aromatic carbocycles. The van der Waals surface area contributed by atoms with E-state index >= 15 is 0 Å². The van der Waals surface area contributed by atoms with E-state index in [1.165, 1.54) is 0 Å². The molecule has 0 aliphatic heterocycles. The average Bonchev–Trinajstić information content (AvgIpc) is 3.02. The number of rotatable bonds is 6. The Labute approximate surface area is 169 Å². The lowest BCUT2D eigenvalue weighted by atomic mass is 9.82. The van der Waals surface area contributed by atoms with Crippen molar-refractivity contribution >= 4 is 28.8 Å². The van der Waals surface area contributed by atoms with Crippen molar-refractivity contribution in [3.8, 4) is 0 Å². The zero-order chi connectivity index (χ0) is 21.0. The van der Waals surface area contributed by atoms with Crippen molar-refractivity contribution in [3.63, 3.8) is 0 Å². The monoisotopic (exact) mass is 403 g/mol. The van der Waals surface area contributed by atoms with E-state index in [0.717, 1.165) is 25.7 Å². The Kier molecular flexibility index (Phi) is 6.61. The quantitative estimate of drug-likeness (QED) is 0.717. The number of oxazole rings is 1. The molecule has 8 heteroatoms. The van der Waals surface area contributed by atoms with Crippen molar-refractivity contribution in [3.05, 3.63) is 28.7 Å². The average molecular weight is 403 g/mol. The fraction of sp³-hybridized carbons (Fsp3) is 0.571. The van der Waals surface area contributed by atoms with Crippen LogP contribution >= 0.6 is 0 Å². The molecule has 2 aromatic rings. The highest BCUT2D eigenvalue weighted by Gasteiger charge is 2.27. The molecule has 2 amide bonds. The number of fused-ring (bicyclic) bond motifs is 1. The van der Waals surface area contributed by atoms with Crippen LogP contribution in [0.4, 0.5) is 10.5 Å². The summed E-state index contributed by atoms with van der Waals surface area (Å²) in [5.41, 5.74) is 1.71. The fourth-order valence-electron chi connectivity index (χ4n) is 3.88. The number of hydrogen-bond donors (Lipinski definition) is 2. The molecule has 0 saturated heterocycles. The Morgan fingerprint density at radius 2 is 1.97 bits per heavy atom. The number of carbonyl (C=O) groups is 2. The van der Waals surface area contributed by atoms with Crippen LogP contribution in [0.15, 0.2) is 27.4 Å². The SMILES string of the molecule is CCOC(=O)C1CCC(CNC(=O)Nc2ccc3c(c2)oc(=O)n3C(C)C)CC1. The molecule has 1 heterocycles. The van der Waals surface area contributed by atoms with Gasteiger partial charge in [0, 0.05) is 24.3 Å². The Bertz CT molecular complexity index is 922. The summed E-state index contributed by atoms with van der Waals surface area (Å²) in [4.78, 5) is 36.0. The Morgan fingerprint density at radius 3 is 2.62 bits per heavy atom. The number of aromatic nitrogens is 1. The van der Waals surface area contributed by atoms with Gasteiger partial charge in [0.15, 0.2) is 5.58 Å². The minimum absolute atomic E-state index is 0.00947. The predicted molar refractivity (Wildman–Crippen MR) is 110 cm³/mol. The van der Waals surface area contributed by atoms with Gasteiger partial charge in [-0.15, -0.1) is 0 Å². The van der Waals surface area contributed by atoms with E-state index in [4.69, 9.17) is 9.15 Å². The lowest BCUT2D eigenvalue weighted by Gasteiger charge is -2.27. The summed E-state index contributed by atoms with van der Waals surface area (Å²) < 4.78 is 11.9. The maximum atomic E-state index is 12.2. The van der Waals surface area contributed by atoms with Crippen LogP contribution in [-0.2, 0) is 9.53 Å². The third kappa shape index (κ3) is 4.99. The molecule has 1 fully saturated rings. The van der Waals surface area contributed by atoms with E-state index in [1.807, 2.05) is 20.8 Å². The molecule has 3 rings (SSSR count). The minimum Gasteiger partial charge on any atom is -0.466 e. The van der Waals surface area contributed by atoms with Crippen LogP contribution in [0.5, 0.6) is 0 Å². The van der Waals surface area contributed by atoms with Crippen LogP contribution in [0.25, 0.3) is 11.1 Å². The summed E-state index contributed by atoms with van der Waals surface area (Å²) in [6.45, 7) is 6.62. The third-order valence-electron chi connectivity index (χ3n) is 5.41. The van der Waals surface area contributed by atoms with E-state index in [-0.39, 0.29) is 24.0 Å². The number of urea groups is 1. The highest BCUT2D eigenvalue weighted by Crippen LogP contribution is 2.29. The molecule has 158 valence electrons. The maximum Gasteiger partial charge on any atom is 0.420 e. The molecule has 0 atom stereocenters. The van der Waals surface area contributed by atoms with Gasteiger partial charge in [-0.25, -0.2) is 9.59 Å². The van der Waals surface area contributed by atoms with Gasteiger partial charge in [-0.1, -0.05) is 0 Å². The normalized spacial score (nSPS) is 19.3. The summed E-state index contributed by atoms with van der Waals surface area (Å²) in [6.07, 6.45) is 3.39. The smallest absolute Gasteiger partial charge is 0.420 e. The molecule has 0 unspecified atom stereocenters. The standard InChI is InChI=1S/C21H29N3O5/c1-4-28-19(25)15-7-5-14(6-8-15)12-22-20(26)23-16-9-10-17-18(11-16)29-21(27)24(17)13(2)3/h9-11,13-15H,4-8,12H2,1-3H3,(H2,22,23,26). The summed E-state index contributed by atoms with van der Waals surface area (Å²) >= 11 is 0. The number of hydrogen-bond acceptors (Lipinski definition) is 5. The first kappa shape index (κ1) is 21.0. The van der Waals surface area contributed by atoms with Crippen LogP contribution in [0.3, 0.4) is 0 Å². The molecule has 29 heavy (non-hydrogen) atoms. The van der Waals surface area contributed by atoms with E-state index in [2.05, 4.69) is 10.6 Å². The van der Waals surface area contributed by atoms with Crippen LogP contribution in [0.1, 0.15) is 52.5 Å². The molecule has 0 bridgehead atoms. The van der Waals surface area contributed by atoms with Gasteiger partial charge in [-0.05, 0) is 64.5 Å². The predicted octanol–water partition coefficient (Wildman–Crippen LogP) is 3.67. The number of ether oxygens (including phenoxy) is 1. The number of anilines is 1. The number of esters is 1. The molecule has 1 saturated carbocycles. The van der Waals surface area contributed by atoms with E-state index < -0.39 is 5.76 Å². The summed E-state index contributed by atoms with van der Waals surface area (Å²) in [5.74, 6) is -0.174. The van der Waals surface area contributed by atoms with E-state index in [1.54, 1.807) is 22.8 Å². The topological polar surface area (TPSA) is 103 Å². The van der Waals surface area contributed by atoms with Gasteiger partial charge in [-0.3, -0.25) is 9.36 Å². The van der Waals surface area contributed by atoms with Crippen molar-refractivity contribution < 1.29 is 18.7 Å². The number of nitrogens with zero attached hydrogens (tertiary/aromatic N) is 1. The lowest BCUT2D eigenvalue weighted by Crippen LogP contribution is -2.35. The number of amides is 2. The number of benzene rings is 1. The molecule has 0 radical (unpaired) electrons. The highest BCUT2D eigenvalue weighted by atomic mass is 16.5. The first-order valence-corrected chi connectivity index (χ1v) is 10.3. The highest BCUT2D eigenvalue weighted by molar-refractivity contribution is 5.91. The van der Waals surface area contributed by atoms with Gasteiger partial charge >= 0.3 is 17.8 Å². The van der Waals surface area contributed by atoms with Gasteiger partial charge < -0.3 is 19.8 Å². The van der Waals surface area contributed by atoms with Gasteiger partial charge in [0.2, 0.25) is 0 Å². The summed E-state index contributed by atoms with van der Waals surface area (Å²) in [5, 5.41) is 5.67. The zero-order valence-corrected chi connectivity index (χ0v) is 17.2. The van der Waals surface area contributed by atoms with Crippen LogP contribution in [-0.4, -0.2) is 29.7 Å². The molecule has 1 aliphatic carbocycles. The van der Waals surface area contributed by atoms with Gasteiger partial charge in [-0.2, -0.15) is 0 Å². The van der Waals surface area contributed by atoms with Crippen LogP contribution in [0, 0.1) is 11.8 Å². The number of carbonyl (C=O) groups excluding carboxylic acids is 2. The van der Waals surface area contributed by atoms with Gasteiger partial charge in [0.25, 0.3) is 0 Å². The number of nitrogens with one attached hydrogen (secondary N) is 2. The van der Waals surface area contributed by atoms with Crippen LogP contribution < -0.4 is 16.4 Å². The summed E-state index contributed by atoms with van der Waals surface area (Å²) in [7, 11) is 0. The first-order valence-electron chi connectivity index (χ1n) is 10.3. The molecule has 0 spiro atoms. The molecular weight excluding hydrogens is 374 g/mol. The molecule has 2 N–H and O–H groups in total. The zero-order valence-electron chi connectivity index (χ0n) is 17.2. The van der Waals surface area contributed by atoms with E-state index in [0.29, 0.717) is 35.9 Å². The summed E-state index contributed by atoms with van der Waals surface area (Å²) in [6, 6.07) is 4.86. The van der Waals surface area contributed by atoms with Crippen LogP contribution in [0.2, 0.25) is 0 Å². The van der Waals surface area contributed by atoms with Crippen molar-refractivity contribution in [1.29, 1.82) is 0 Å². The Balaban J connectivity index is 1.50. The van der Waals surface area contributed by atoms with Crippen molar-refractivity contribution in [1.82, 2.24) is 9.88 Å². The third-order valence-corrected chi connectivity index (χ3v) is 5.41. The largest absolute Gasteiger partial charge is 0.466 e. The molecule has 1 aromatic heterocycles. The molecular formula is C21H29N3O5. The van der Waals surface area contributed by atoms with E-state index in [9.17, 15) is 14.4 Å². The van der Waals surface area contributed by atoms with Crippen molar-refractivity contribution in [2.75, 3.05) is 18.5 Å². The molecule has 8 nitrogen and oxygen atoms in total. The van der Waals surface area contributed by atoms with Gasteiger partial charge in [0.1, 0.15) is 0 Å². The van der Waals surface area contributed by atoms with Gasteiger partial charge in [0.05, 0.1) is 18.0 Å². The second-order valence-corrected chi connectivity index (χ2v) is 7.82. The van der Waals surface area contributed by atoms with Crippen molar-refractivity contribution in [2.45, 2.75) is 52.5 Å². The van der Waals surface area contributed by atoms with Crippen molar-refractivity contribution in [2.24, 2.45) is 11.8 Å². The second kappa shape index (κ2) is 9.15. The minimum atomic E-state index is -0.407. The first-order chi connectivity index (χ1) is 13.9. The fourth-order valence-corrected chi connectivity index (χ4v) is 3.88. The maximum absolute atomic E-state index is 12.2. The lowest BCUT2D eigenvalue weighted by molar-refractivity contribution is -0.149.